The van der Waals surface area contributed by atoms with Gasteiger partial charge in [-0.25, -0.2) is 0 Å². The average Bonchev–Trinajstić information content (AvgIpc) is 2.83. The minimum atomic E-state index is -0.250. The Kier molecular flexibility index (Phi) is 5.03. The van der Waals surface area contributed by atoms with Gasteiger partial charge in [0.1, 0.15) is 6.33 Å². The molecule has 0 fully saturated rings. The first-order chi connectivity index (χ1) is 9.58. The minimum absolute atomic E-state index is 0.0575. The number of carbonyl (C=O) groups is 1. The molecule has 106 valence electrons. The molecule has 0 bridgehead atoms. The van der Waals surface area contributed by atoms with Crippen molar-refractivity contribution >= 4 is 29.3 Å². The van der Waals surface area contributed by atoms with Gasteiger partial charge in [-0.3, -0.25) is 4.79 Å². The Balaban J connectivity index is 1.89. The van der Waals surface area contributed by atoms with Gasteiger partial charge in [-0.1, -0.05) is 41.6 Å². The summed E-state index contributed by atoms with van der Waals surface area (Å²) in [6, 6.07) is 7.45. The summed E-state index contributed by atoms with van der Waals surface area (Å²) >= 11 is 7.41. The van der Waals surface area contributed by atoms with Crippen molar-refractivity contribution < 1.29 is 4.79 Å². The molecule has 1 aromatic heterocycles. The van der Waals surface area contributed by atoms with Crippen LogP contribution in [0.4, 0.5) is 0 Å². The lowest BCUT2D eigenvalue weighted by atomic mass is 10.2. The van der Waals surface area contributed by atoms with Crippen LogP contribution in [0.3, 0.4) is 0 Å². The van der Waals surface area contributed by atoms with Crippen LogP contribution in [0.2, 0.25) is 5.02 Å². The number of carbonyl (C=O) groups excluding carboxylic acids is 1. The molecule has 1 atom stereocenters. The molecule has 7 heteroatoms. The third-order valence-corrected chi connectivity index (χ3v) is 4.25. The zero-order valence-electron chi connectivity index (χ0n) is 11.2. The minimum Gasteiger partial charge on any atom is -0.351 e. The first-order valence-electron chi connectivity index (χ1n) is 6.09. The van der Waals surface area contributed by atoms with Gasteiger partial charge in [-0.15, -0.1) is 10.2 Å². The lowest BCUT2D eigenvalue weighted by molar-refractivity contribution is -0.120. The number of rotatable bonds is 5. The highest BCUT2D eigenvalue weighted by Gasteiger charge is 2.16. The van der Waals surface area contributed by atoms with Crippen LogP contribution < -0.4 is 5.32 Å². The standard InChI is InChI=1S/C13H15ClN4OS/c1-9(20-13-17-16-8-18(13)2)12(19)15-7-10-5-3-4-6-11(10)14/h3-6,8-9H,7H2,1-2H3,(H,15,19)/t9-/m0/s1. The van der Waals surface area contributed by atoms with E-state index in [2.05, 4.69) is 15.5 Å². The summed E-state index contributed by atoms with van der Waals surface area (Å²) in [4.78, 5) is 12.0. The van der Waals surface area contributed by atoms with E-state index in [1.807, 2.05) is 32.2 Å². The van der Waals surface area contributed by atoms with Gasteiger partial charge < -0.3 is 9.88 Å². The lowest BCUT2D eigenvalue weighted by Gasteiger charge is -2.11. The van der Waals surface area contributed by atoms with E-state index in [1.54, 1.807) is 17.0 Å². The second-order valence-corrected chi connectivity index (χ2v) is 6.01. The summed E-state index contributed by atoms with van der Waals surface area (Å²) in [5.41, 5.74) is 0.901. The first-order valence-corrected chi connectivity index (χ1v) is 7.35. The van der Waals surface area contributed by atoms with Crippen LogP contribution in [0.1, 0.15) is 12.5 Å². The van der Waals surface area contributed by atoms with Crippen molar-refractivity contribution in [1.82, 2.24) is 20.1 Å². The number of hydrogen-bond acceptors (Lipinski definition) is 4. The summed E-state index contributed by atoms with van der Waals surface area (Å²) < 4.78 is 1.78. The van der Waals surface area contributed by atoms with Gasteiger partial charge in [0.15, 0.2) is 5.16 Å². The van der Waals surface area contributed by atoms with Crippen molar-refractivity contribution in [3.8, 4) is 0 Å². The molecule has 2 aromatic rings. The van der Waals surface area contributed by atoms with Crippen molar-refractivity contribution in [3.63, 3.8) is 0 Å². The van der Waals surface area contributed by atoms with Gasteiger partial charge in [0.2, 0.25) is 5.91 Å². The summed E-state index contributed by atoms with van der Waals surface area (Å²) in [6.07, 6.45) is 1.61. The van der Waals surface area contributed by atoms with E-state index in [1.165, 1.54) is 11.8 Å². The fourth-order valence-corrected chi connectivity index (χ4v) is 2.58. The number of hydrogen-bond donors (Lipinski definition) is 1. The van der Waals surface area contributed by atoms with E-state index >= 15 is 0 Å². The molecule has 20 heavy (non-hydrogen) atoms. The predicted molar refractivity (Wildman–Crippen MR) is 79.6 cm³/mol. The van der Waals surface area contributed by atoms with E-state index in [9.17, 15) is 4.79 Å². The molecule has 0 aliphatic rings. The molecule has 0 unspecified atom stereocenters. The molecule has 1 N–H and O–H groups in total. The molecular weight excluding hydrogens is 296 g/mol. The molecule has 2 rings (SSSR count). The Bertz CT molecular complexity index is 602. The van der Waals surface area contributed by atoms with Crippen molar-refractivity contribution in [2.75, 3.05) is 0 Å². The molecule has 0 radical (unpaired) electrons. The van der Waals surface area contributed by atoms with Crippen LogP contribution >= 0.6 is 23.4 Å². The summed E-state index contributed by atoms with van der Waals surface area (Å²) in [7, 11) is 1.84. The first kappa shape index (κ1) is 14.9. The number of thioether (sulfide) groups is 1. The third-order valence-electron chi connectivity index (χ3n) is 2.73. The quantitative estimate of drug-likeness (QED) is 0.861. The number of amides is 1. The zero-order valence-corrected chi connectivity index (χ0v) is 12.8. The van der Waals surface area contributed by atoms with Gasteiger partial charge in [0, 0.05) is 18.6 Å². The predicted octanol–water partition coefficient (Wildman–Crippen LogP) is 2.27. The highest BCUT2D eigenvalue weighted by Crippen LogP contribution is 2.20. The highest BCUT2D eigenvalue weighted by molar-refractivity contribution is 8.00. The van der Waals surface area contributed by atoms with Crippen molar-refractivity contribution in [2.45, 2.75) is 23.9 Å². The number of aromatic nitrogens is 3. The van der Waals surface area contributed by atoms with E-state index in [-0.39, 0.29) is 11.2 Å². The molecule has 1 amide bonds. The monoisotopic (exact) mass is 310 g/mol. The Labute approximate surface area is 126 Å². The summed E-state index contributed by atoms with van der Waals surface area (Å²) in [6.45, 7) is 2.25. The van der Waals surface area contributed by atoms with Gasteiger partial charge >= 0.3 is 0 Å². The molecular formula is C13H15ClN4OS. The normalized spacial score (nSPS) is 12.2. The van der Waals surface area contributed by atoms with E-state index in [0.29, 0.717) is 16.7 Å². The van der Waals surface area contributed by atoms with Gasteiger partial charge in [-0.05, 0) is 18.6 Å². The fourth-order valence-electron chi connectivity index (χ4n) is 1.56. The number of halogens is 1. The molecule has 1 aromatic carbocycles. The van der Waals surface area contributed by atoms with Crippen LogP contribution in [0, 0.1) is 0 Å². The second-order valence-electron chi connectivity index (χ2n) is 4.29. The Morgan fingerprint density at radius 3 is 2.90 bits per heavy atom. The Morgan fingerprint density at radius 2 is 2.25 bits per heavy atom. The SMILES string of the molecule is C[C@H](Sc1nncn1C)C(=O)NCc1ccccc1Cl. The van der Waals surface area contributed by atoms with Gasteiger partial charge in [0.05, 0.1) is 5.25 Å². The summed E-state index contributed by atoms with van der Waals surface area (Å²) in [5.74, 6) is -0.0575. The Morgan fingerprint density at radius 1 is 1.50 bits per heavy atom. The summed E-state index contributed by atoms with van der Waals surface area (Å²) in [5, 5.41) is 11.7. The average molecular weight is 311 g/mol. The molecule has 0 spiro atoms. The molecule has 5 nitrogen and oxygen atoms in total. The van der Waals surface area contributed by atoms with E-state index in [4.69, 9.17) is 11.6 Å². The molecule has 1 heterocycles. The maximum Gasteiger partial charge on any atom is 0.233 e. The number of benzene rings is 1. The van der Waals surface area contributed by atoms with Crippen LogP contribution in [0.15, 0.2) is 35.7 Å². The van der Waals surface area contributed by atoms with Crippen molar-refractivity contribution in [2.24, 2.45) is 7.05 Å². The fraction of sp³-hybridized carbons (Fsp3) is 0.308. The van der Waals surface area contributed by atoms with Crippen LogP contribution in [0.5, 0.6) is 0 Å². The van der Waals surface area contributed by atoms with Gasteiger partial charge in [0.25, 0.3) is 0 Å². The topological polar surface area (TPSA) is 59.8 Å². The third kappa shape index (κ3) is 3.74. The van der Waals surface area contributed by atoms with Crippen molar-refractivity contribution in [1.29, 1.82) is 0 Å². The number of nitrogens with one attached hydrogen (secondary N) is 1. The second kappa shape index (κ2) is 6.76. The maximum atomic E-state index is 12.0. The van der Waals surface area contributed by atoms with Crippen LogP contribution in [-0.4, -0.2) is 25.9 Å². The highest BCUT2D eigenvalue weighted by atomic mass is 35.5. The molecule has 0 aliphatic heterocycles. The largest absolute Gasteiger partial charge is 0.351 e. The van der Waals surface area contributed by atoms with Crippen LogP contribution in [0.25, 0.3) is 0 Å². The number of aryl methyl sites for hydroxylation is 1. The lowest BCUT2D eigenvalue weighted by Crippen LogP contribution is -2.30. The molecule has 0 aliphatic carbocycles. The van der Waals surface area contributed by atoms with E-state index in [0.717, 1.165) is 5.56 Å². The maximum absolute atomic E-state index is 12.0. The zero-order chi connectivity index (χ0) is 14.5. The van der Waals surface area contributed by atoms with Gasteiger partial charge in [-0.2, -0.15) is 0 Å². The smallest absolute Gasteiger partial charge is 0.233 e. The van der Waals surface area contributed by atoms with E-state index < -0.39 is 0 Å². The van der Waals surface area contributed by atoms with Crippen molar-refractivity contribution in [3.05, 3.63) is 41.2 Å². The Hall–Kier alpha value is -1.53. The van der Waals surface area contributed by atoms with Crippen LogP contribution in [-0.2, 0) is 18.4 Å². The number of nitrogens with zero attached hydrogens (tertiary/aromatic N) is 3. The molecule has 0 saturated heterocycles. The molecule has 0 saturated carbocycles.